The van der Waals surface area contributed by atoms with Crippen LogP contribution in [0.5, 0.6) is 0 Å². The van der Waals surface area contributed by atoms with Gasteiger partial charge in [-0.2, -0.15) is 0 Å². The maximum absolute atomic E-state index is 11.1. The monoisotopic (exact) mass is 226 g/mol. The predicted molar refractivity (Wildman–Crippen MR) is 59.8 cm³/mol. The molecule has 1 aliphatic heterocycles. The molecule has 1 saturated heterocycles. The number of ether oxygens (including phenoxy) is 3. The Bertz CT molecular complexity index is 293. The van der Waals surface area contributed by atoms with Gasteiger partial charge in [0.05, 0.1) is 6.61 Å². The molecule has 0 aromatic rings. The van der Waals surface area contributed by atoms with E-state index in [1.807, 2.05) is 13.8 Å². The zero-order valence-electron chi connectivity index (χ0n) is 9.93. The fourth-order valence-corrected chi connectivity index (χ4v) is 1.51. The van der Waals surface area contributed by atoms with Crippen molar-refractivity contribution in [3.05, 3.63) is 24.8 Å². The first kappa shape index (κ1) is 12.9. The second kappa shape index (κ2) is 5.27. The number of carbonyl (C=O) groups excluding carboxylic acids is 1. The zero-order valence-corrected chi connectivity index (χ0v) is 9.93. The summed E-state index contributed by atoms with van der Waals surface area (Å²) < 4.78 is 15.9. The lowest BCUT2D eigenvalue weighted by molar-refractivity contribution is -0.140. The highest BCUT2D eigenvalue weighted by molar-refractivity contribution is 5.81. The normalized spacial score (nSPS) is 28.2. The SMILES string of the molecule is C=C[C@H]1OC(C)(C)O[C@H]1/C=C/C(=O)OCC. The molecule has 1 fully saturated rings. The number of carbonyl (C=O) groups is 1. The molecule has 0 radical (unpaired) electrons. The summed E-state index contributed by atoms with van der Waals surface area (Å²) >= 11 is 0. The van der Waals surface area contributed by atoms with E-state index in [0.29, 0.717) is 6.61 Å². The molecule has 4 heteroatoms. The Morgan fingerprint density at radius 1 is 1.44 bits per heavy atom. The van der Waals surface area contributed by atoms with Crippen LogP contribution < -0.4 is 0 Å². The van der Waals surface area contributed by atoms with Crippen LogP contribution in [0.15, 0.2) is 24.8 Å². The van der Waals surface area contributed by atoms with Crippen molar-refractivity contribution in [1.29, 1.82) is 0 Å². The Morgan fingerprint density at radius 3 is 2.62 bits per heavy atom. The Balaban J connectivity index is 2.59. The highest BCUT2D eigenvalue weighted by Gasteiger charge is 2.38. The van der Waals surface area contributed by atoms with Crippen LogP contribution in [-0.4, -0.2) is 30.6 Å². The first-order chi connectivity index (χ1) is 7.48. The van der Waals surface area contributed by atoms with Gasteiger partial charge in [-0.15, -0.1) is 6.58 Å². The van der Waals surface area contributed by atoms with Crippen molar-refractivity contribution >= 4 is 5.97 Å². The van der Waals surface area contributed by atoms with Crippen molar-refractivity contribution in [2.45, 2.75) is 38.8 Å². The van der Waals surface area contributed by atoms with Gasteiger partial charge < -0.3 is 14.2 Å². The Labute approximate surface area is 95.9 Å². The number of hydrogen-bond donors (Lipinski definition) is 0. The highest BCUT2D eigenvalue weighted by atomic mass is 16.7. The molecule has 1 rings (SSSR count). The van der Waals surface area contributed by atoms with Crippen molar-refractivity contribution in [2.75, 3.05) is 6.61 Å². The smallest absolute Gasteiger partial charge is 0.330 e. The van der Waals surface area contributed by atoms with E-state index in [0.717, 1.165) is 0 Å². The summed E-state index contributed by atoms with van der Waals surface area (Å²) in [6, 6.07) is 0. The van der Waals surface area contributed by atoms with Crippen LogP contribution in [0.4, 0.5) is 0 Å². The van der Waals surface area contributed by atoms with Gasteiger partial charge >= 0.3 is 5.97 Å². The van der Waals surface area contributed by atoms with Gasteiger partial charge in [-0.05, 0) is 26.8 Å². The minimum absolute atomic E-state index is 0.235. The Hall–Kier alpha value is -1.13. The van der Waals surface area contributed by atoms with Crippen LogP contribution in [0.3, 0.4) is 0 Å². The van der Waals surface area contributed by atoms with Gasteiger partial charge in [0, 0.05) is 6.08 Å². The minimum Gasteiger partial charge on any atom is -0.463 e. The second-order valence-electron chi connectivity index (χ2n) is 3.91. The third kappa shape index (κ3) is 3.47. The summed E-state index contributed by atoms with van der Waals surface area (Å²) in [5, 5.41) is 0. The molecule has 1 aliphatic rings. The highest BCUT2D eigenvalue weighted by Crippen LogP contribution is 2.29. The van der Waals surface area contributed by atoms with Crippen molar-refractivity contribution in [3.8, 4) is 0 Å². The van der Waals surface area contributed by atoms with E-state index in [1.165, 1.54) is 6.08 Å². The molecule has 0 spiro atoms. The van der Waals surface area contributed by atoms with Gasteiger partial charge in [-0.1, -0.05) is 6.08 Å². The second-order valence-corrected chi connectivity index (χ2v) is 3.91. The summed E-state index contributed by atoms with van der Waals surface area (Å²) in [5.41, 5.74) is 0. The van der Waals surface area contributed by atoms with Crippen LogP contribution in [0, 0.1) is 0 Å². The standard InChI is InChI=1S/C12H18O4/c1-5-9-10(16-12(3,4)15-9)7-8-11(13)14-6-2/h5,7-10H,1,6H2,2-4H3/b8-7+/t9-,10+/m1/s1. The zero-order chi connectivity index (χ0) is 12.2. The van der Waals surface area contributed by atoms with E-state index < -0.39 is 5.79 Å². The molecule has 16 heavy (non-hydrogen) atoms. The fourth-order valence-electron chi connectivity index (χ4n) is 1.51. The first-order valence-corrected chi connectivity index (χ1v) is 5.31. The quantitative estimate of drug-likeness (QED) is 0.416. The van der Waals surface area contributed by atoms with Crippen molar-refractivity contribution < 1.29 is 19.0 Å². The van der Waals surface area contributed by atoms with Crippen molar-refractivity contribution in [1.82, 2.24) is 0 Å². The Kier molecular flexibility index (Phi) is 4.26. The van der Waals surface area contributed by atoms with Crippen LogP contribution >= 0.6 is 0 Å². The summed E-state index contributed by atoms with van der Waals surface area (Å²) in [6.07, 6.45) is 4.13. The summed E-state index contributed by atoms with van der Waals surface area (Å²) in [5.74, 6) is -1.03. The molecule has 4 nitrogen and oxygen atoms in total. The summed E-state index contributed by atoms with van der Waals surface area (Å²) in [4.78, 5) is 11.1. The van der Waals surface area contributed by atoms with E-state index in [1.54, 1.807) is 19.1 Å². The van der Waals surface area contributed by atoms with E-state index in [-0.39, 0.29) is 18.2 Å². The molecule has 90 valence electrons. The lowest BCUT2D eigenvalue weighted by Gasteiger charge is -2.15. The van der Waals surface area contributed by atoms with E-state index in [9.17, 15) is 4.79 Å². The summed E-state index contributed by atoms with van der Waals surface area (Å²) in [6.45, 7) is 9.43. The molecule has 2 atom stereocenters. The van der Waals surface area contributed by atoms with E-state index >= 15 is 0 Å². The third-order valence-electron chi connectivity index (χ3n) is 2.10. The first-order valence-electron chi connectivity index (χ1n) is 5.31. The van der Waals surface area contributed by atoms with Gasteiger partial charge in [0.2, 0.25) is 0 Å². The minimum atomic E-state index is -0.650. The molecule has 0 N–H and O–H groups in total. The van der Waals surface area contributed by atoms with Crippen LogP contribution in [0.25, 0.3) is 0 Å². The maximum Gasteiger partial charge on any atom is 0.330 e. The molecule has 0 aromatic heterocycles. The van der Waals surface area contributed by atoms with E-state index in [4.69, 9.17) is 14.2 Å². The molecule has 0 saturated carbocycles. The molecular weight excluding hydrogens is 208 g/mol. The van der Waals surface area contributed by atoms with Gasteiger partial charge in [-0.25, -0.2) is 4.79 Å². The molecular formula is C12H18O4. The maximum atomic E-state index is 11.1. The van der Waals surface area contributed by atoms with Crippen LogP contribution in [-0.2, 0) is 19.0 Å². The number of esters is 1. The third-order valence-corrected chi connectivity index (χ3v) is 2.10. The molecule has 0 aromatic carbocycles. The lowest BCUT2D eigenvalue weighted by atomic mass is 10.2. The molecule has 0 unspecified atom stereocenters. The topological polar surface area (TPSA) is 44.8 Å². The predicted octanol–water partition coefficient (Wildman–Crippen LogP) is 1.81. The fraction of sp³-hybridized carbons (Fsp3) is 0.583. The van der Waals surface area contributed by atoms with Gasteiger partial charge in [-0.3, -0.25) is 0 Å². The van der Waals surface area contributed by atoms with Crippen LogP contribution in [0.2, 0.25) is 0 Å². The lowest BCUT2D eigenvalue weighted by Crippen LogP contribution is -2.20. The molecule has 1 heterocycles. The number of hydrogen-bond acceptors (Lipinski definition) is 4. The van der Waals surface area contributed by atoms with Crippen molar-refractivity contribution in [3.63, 3.8) is 0 Å². The Morgan fingerprint density at radius 2 is 2.06 bits per heavy atom. The molecule has 0 bridgehead atoms. The average molecular weight is 226 g/mol. The molecule has 0 amide bonds. The van der Waals surface area contributed by atoms with E-state index in [2.05, 4.69) is 6.58 Å². The van der Waals surface area contributed by atoms with Gasteiger partial charge in [0.15, 0.2) is 5.79 Å². The van der Waals surface area contributed by atoms with Gasteiger partial charge in [0.1, 0.15) is 12.2 Å². The van der Waals surface area contributed by atoms with Crippen molar-refractivity contribution in [2.24, 2.45) is 0 Å². The summed E-state index contributed by atoms with van der Waals surface area (Å²) in [7, 11) is 0. The number of rotatable bonds is 4. The largest absolute Gasteiger partial charge is 0.463 e. The average Bonchev–Trinajstić information content (AvgIpc) is 2.51. The van der Waals surface area contributed by atoms with Crippen LogP contribution in [0.1, 0.15) is 20.8 Å². The molecule has 0 aliphatic carbocycles. The van der Waals surface area contributed by atoms with Gasteiger partial charge in [0.25, 0.3) is 0 Å².